The molecule has 16 heavy (non-hydrogen) atoms. The van der Waals surface area contributed by atoms with Crippen LogP contribution in [0.2, 0.25) is 0 Å². The molecule has 0 unspecified atom stereocenters. The van der Waals surface area contributed by atoms with Crippen molar-refractivity contribution in [1.29, 1.82) is 0 Å². The zero-order valence-corrected chi connectivity index (χ0v) is 12.3. The summed E-state index contributed by atoms with van der Waals surface area (Å²) in [6, 6.07) is 0. The Hall–Kier alpha value is 0.0962. The monoisotopic (exact) mass is 250 g/mol. The smallest absolute Gasteiger partial charge is 1.00 e. The molecule has 0 rings (SSSR count). The molecule has 0 heterocycles. The summed E-state index contributed by atoms with van der Waals surface area (Å²) in [5.74, 6) is 6.25. The molecule has 86 valence electrons. The Morgan fingerprint density at radius 1 is 1.06 bits per heavy atom. The Morgan fingerprint density at radius 2 is 1.75 bits per heavy atom. The minimum atomic E-state index is -0.181. The second-order valence-electron chi connectivity index (χ2n) is 3.09. The first kappa shape index (κ1) is 21.4. The van der Waals surface area contributed by atoms with E-state index in [1.54, 1.807) is 0 Å². The summed E-state index contributed by atoms with van der Waals surface area (Å²) in [5.41, 5.74) is 2.82. The largest absolute Gasteiger partial charge is 2.00 e. The van der Waals surface area contributed by atoms with Crippen LogP contribution in [0.15, 0.2) is 17.9 Å². The number of hydrogen-bond acceptors (Lipinski definition) is 1. The Bertz CT molecular complexity index is 234. The first-order chi connectivity index (χ1) is 6.91. The molecule has 0 bridgehead atoms. The Balaban J connectivity index is -0.000000845. The maximum atomic E-state index is 10.00. The molecule has 0 radical (unpaired) electrons. The maximum Gasteiger partial charge on any atom is 2.00 e. The fourth-order valence-electron chi connectivity index (χ4n) is 0.999. The normalized spacial score (nSPS) is 7.38. The summed E-state index contributed by atoms with van der Waals surface area (Å²) in [6.07, 6.45) is 9.92. The molecule has 0 aliphatic carbocycles. The number of rotatable bonds is 6. The van der Waals surface area contributed by atoms with E-state index in [4.69, 9.17) is 0 Å². The molecule has 0 N–H and O–H groups in total. The van der Waals surface area contributed by atoms with E-state index in [0.717, 1.165) is 19.3 Å². The van der Waals surface area contributed by atoms with Gasteiger partial charge in [0.1, 0.15) is 0 Å². The van der Waals surface area contributed by atoms with Gasteiger partial charge in [0.15, 0.2) is 0 Å². The third kappa shape index (κ3) is 19.6. The van der Waals surface area contributed by atoms with Crippen LogP contribution in [0.4, 0.5) is 0 Å². The minimum absolute atomic E-state index is 0. The summed E-state index contributed by atoms with van der Waals surface area (Å²) in [5, 5.41) is 10.00. The predicted octanol–water partition coefficient (Wildman–Crippen LogP) is -0.955. The quantitative estimate of drug-likeness (QED) is 0.258. The number of unbranched alkanes of at least 4 members (excludes halogenated alkanes) is 4. The van der Waals surface area contributed by atoms with Crippen molar-refractivity contribution in [3.63, 3.8) is 0 Å². The van der Waals surface area contributed by atoms with Crippen molar-refractivity contribution in [2.45, 2.75) is 45.4 Å². The second kappa shape index (κ2) is 20.5. The standard InChI is InChI=1S/C13H19O.ClH.Mg/c1-2-3-4-5-6-7-8-9-10-11-12-13-14;;/h10,12H,2-5,8-9,13H2,1H3;1H;/q-1;;+2/p-1. The van der Waals surface area contributed by atoms with E-state index in [2.05, 4.69) is 24.5 Å². The molecule has 0 saturated carbocycles. The van der Waals surface area contributed by atoms with E-state index in [-0.39, 0.29) is 42.1 Å². The molecule has 0 aliphatic heterocycles. The van der Waals surface area contributed by atoms with E-state index in [9.17, 15) is 5.11 Å². The second-order valence-corrected chi connectivity index (χ2v) is 3.09. The van der Waals surface area contributed by atoms with Gasteiger partial charge < -0.3 is 17.5 Å². The van der Waals surface area contributed by atoms with Crippen molar-refractivity contribution in [2.75, 3.05) is 6.61 Å². The van der Waals surface area contributed by atoms with Crippen LogP contribution in [0.25, 0.3) is 0 Å². The molecule has 1 nitrogen and oxygen atoms in total. The number of hydrogen-bond donors (Lipinski definition) is 0. The zero-order chi connectivity index (χ0) is 10.5. The molecule has 0 atom stereocenters. The van der Waals surface area contributed by atoms with Gasteiger partial charge in [-0.2, -0.15) is 0 Å². The van der Waals surface area contributed by atoms with E-state index in [1.165, 1.54) is 25.3 Å². The fraction of sp³-hybridized carbons (Fsp3) is 0.615. The maximum absolute atomic E-state index is 10.00. The molecule has 0 fully saturated rings. The van der Waals surface area contributed by atoms with Crippen LogP contribution in [0.5, 0.6) is 0 Å². The third-order valence-corrected chi connectivity index (χ3v) is 1.76. The summed E-state index contributed by atoms with van der Waals surface area (Å²) in [7, 11) is 0. The Kier molecular flexibility index (Phi) is 27.4. The third-order valence-electron chi connectivity index (χ3n) is 1.76. The van der Waals surface area contributed by atoms with Gasteiger partial charge in [0.05, 0.1) is 0 Å². The average Bonchev–Trinajstić information content (AvgIpc) is 2.21. The van der Waals surface area contributed by atoms with Crippen molar-refractivity contribution < 1.29 is 17.5 Å². The van der Waals surface area contributed by atoms with Gasteiger partial charge in [0.25, 0.3) is 0 Å². The molecule has 0 spiro atoms. The van der Waals surface area contributed by atoms with Gasteiger partial charge in [-0.25, -0.2) is 0 Å². The molecule has 0 aromatic rings. The van der Waals surface area contributed by atoms with Gasteiger partial charge in [0, 0.05) is 12.8 Å². The Morgan fingerprint density at radius 3 is 2.38 bits per heavy atom. The molecule has 0 amide bonds. The minimum Gasteiger partial charge on any atom is -1.00 e. The van der Waals surface area contributed by atoms with Gasteiger partial charge in [-0.1, -0.05) is 25.8 Å². The van der Waals surface area contributed by atoms with E-state index >= 15 is 0 Å². The fourth-order valence-corrected chi connectivity index (χ4v) is 0.999. The van der Waals surface area contributed by atoms with Crippen molar-refractivity contribution >= 4 is 23.1 Å². The van der Waals surface area contributed by atoms with Gasteiger partial charge in [-0.3, -0.25) is 0 Å². The first-order valence-electron chi connectivity index (χ1n) is 5.35. The molecular formula is C13H19ClMgO. The first-order valence-corrected chi connectivity index (χ1v) is 5.35. The molecule has 0 saturated heterocycles. The molecule has 0 aliphatic rings. The van der Waals surface area contributed by atoms with Crippen LogP contribution < -0.4 is 17.5 Å². The molecule has 3 heteroatoms. The predicted molar refractivity (Wildman–Crippen MR) is 64.4 cm³/mol. The van der Waals surface area contributed by atoms with Crippen LogP contribution in [-0.4, -0.2) is 29.7 Å². The van der Waals surface area contributed by atoms with E-state index < -0.39 is 0 Å². The molecule has 0 aromatic heterocycles. The van der Waals surface area contributed by atoms with Gasteiger partial charge in [-0.05, 0) is 18.9 Å². The topological polar surface area (TPSA) is 23.1 Å². The van der Waals surface area contributed by atoms with Crippen LogP contribution in [-0.2, 0) is 0 Å². The summed E-state index contributed by atoms with van der Waals surface area (Å²) >= 11 is 0. The average molecular weight is 251 g/mol. The number of halogens is 1. The van der Waals surface area contributed by atoms with Gasteiger partial charge in [0.2, 0.25) is 0 Å². The SMILES string of the molecule is CCCCCC#CCCC=C=CC[O-].[Cl-].[Mg+2]. The van der Waals surface area contributed by atoms with Crippen molar-refractivity contribution in [1.82, 2.24) is 0 Å². The molecular weight excluding hydrogens is 232 g/mol. The molecule has 0 aromatic carbocycles. The van der Waals surface area contributed by atoms with Crippen molar-refractivity contribution in [3.8, 4) is 11.8 Å². The summed E-state index contributed by atoms with van der Waals surface area (Å²) in [4.78, 5) is 0. The Labute approximate surface area is 122 Å². The van der Waals surface area contributed by atoms with Crippen molar-refractivity contribution in [3.05, 3.63) is 17.9 Å². The van der Waals surface area contributed by atoms with Crippen LogP contribution >= 0.6 is 0 Å². The van der Waals surface area contributed by atoms with E-state index in [1.807, 2.05) is 6.08 Å². The van der Waals surface area contributed by atoms with Crippen LogP contribution in [0.1, 0.15) is 45.4 Å². The van der Waals surface area contributed by atoms with Crippen LogP contribution in [0.3, 0.4) is 0 Å². The van der Waals surface area contributed by atoms with Gasteiger partial charge >= 0.3 is 23.1 Å². The summed E-state index contributed by atoms with van der Waals surface area (Å²) < 4.78 is 0. The zero-order valence-electron chi connectivity index (χ0n) is 10.1. The van der Waals surface area contributed by atoms with Crippen LogP contribution in [0, 0.1) is 11.8 Å². The van der Waals surface area contributed by atoms with E-state index in [0.29, 0.717) is 0 Å². The van der Waals surface area contributed by atoms with Gasteiger partial charge in [-0.15, -0.1) is 24.2 Å². The summed E-state index contributed by atoms with van der Waals surface area (Å²) in [6.45, 7) is 2.01. The van der Waals surface area contributed by atoms with Crippen molar-refractivity contribution in [2.24, 2.45) is 0 Å².